The van der Waals surface area contributed by atoms with Gasteiger partial charge in [0.1, 0.15) is 24.7 Å². The van der Waals surface area contributed by atoms with Crippen molar-refractivity contribution in [1.29, 1.82) is 0 Å². The molecule has 0 N–H and O–H groups in total. The molecule has 0 aliphatic heterocycles. The Labute approximate surface area is 197 Å². The smallest absolute Gasteiger partial charge is 0.368 e. The van der Waals surface area contributed by atoms with Gasteiger partial charge >= 0.3 is 5.69 Å². The highest BCUT2D eigenvalue weighted by Gasteiger charge is 2.17. The molecule has 0 atom stereocenters. The Morgan fingerprint density at radius 1 is 1.06 bits per heavy atom. The second-order valence-electron chi connectivity index (χ2n) is 7.81. The summed E-state index contributed by atoms with van der Waals surface area (Å²) in [6, 6.07) is 11.4. The van der Waals surface area contributed by atoms with E-state index in [9.17, 15) is 4.79 Å². The van der Waals surface area contributed by atoms with Gasteiger partial charge in [-0.2, -0.15) is 14.5 Å². The number of tetrazole rings is 1. The topological polar surface area (TPSA) is 89.0 Å². The van der Waals surface area contributed by atoms with Crippen molar-refractivity contribution in [1.82, 2.24) is 29.6 Å². The van der Waals surface area contributed by atoms with Gasteiger partial charge < -0.3 is 9.47 Å². The summed E-state index contributed by atoms with van der Waals surface area (Å²) in [7, 11) is 3.13. The molecular weight excluding hydrogens is 432 g/mol. The summed E-state index contributed by atoms with van der Waals surface area (Å²) in [6.45, 7) is 6.60. The average Bonchev–Trinajstić information content (AvgIpc) is 3.38. The number of aryl methyl sites for hydroxylation is 3. The van der Waals surface area contributed by atoms with Crippen LogP contribution in [-0.4, -0.2) is 36.7 Å². The molecule has 4 rings (SSSR count). The molecule has 0 saturated carbocycles. The van der Waals surface area contributed by atoms with E-state index in [1.807, 2.05) is 49.8 Å². The molecule has 0 unspecified atom stereocenters. The lowest BCUT2D eigenvalue weighted by Gasteiger charge is -2.15. The molecule has 9 heteroatoms. The van der Waals surface area contributed by atoms with Crippen molar-refractivity contribution in [3.05, 3.63) is 69.8 Å². The zero-order chi connectivity index (χ0) is 24.2. The molecule has 0 bridgehead atoms. The molecule has 174 valence electrons. The van der Waals surface area contributed by atoms with Crippen LogP contribution in [0.15, 0.2) is 47.4 Å². The number of benzene rings is 2. The minimum Gasteiger partial charge on any atom is -0.496 e. The highest BCUT2D eigenvalue weighted by atomic mass is 16.5. The number of ether oxygens (including phenoxy) is 2. The van der Waals surface area contributed by atoms with Crippen LogP contribution in [0.2, 0.25) is 0 Å². The van der Waals surface area contributed by atoms with Crippen molar-refractivity contribution >= 4 is 0 Å². The van der Waals surface area contributed by atoms with Gasteiger partial charge in [0.2, 0.25) is 0 Å². The monoisotopic (exact) mass is 458 g/mol. The molecule has 9 nitrogen and oxygen atoms in total. The third-order valence-corrected chi connectivity index (χ3v) is 5.46. The van der Waals surface area contributed by atoms with E-state index in [2.05, 4.69) is 33.4 Å². The Morgan fingerprint density at radius 3 is 2.56 bits per heavy atom. The molecule has 0 spiro atoms. The summed E-state index contributed by atoms with van der Waals surface area (Å²) in [4.78, 5) is 12.4. The van der Waals surface area contributed by atoms with E-state index in [1.165, 1.54) is 9.36 Å². The fourth-order valence-corrected chi connectivity index (χ4v) is 3.71. The van der Waals surface area contributed by atoms with Crippen LogP contribution in [0.1, 0.15) is 23.6 Å². The van der Waals surface area contributed by atoms with E-state index < -0.39 is 0 Å². The van der Waals surface area contributed by atoms with Gasteiger partial charge in [-0.05, 0) is 72.7 Å². The van der Waals surface area contributed by atoms with Crippen LogP contribution in [0.4, 0.5) is 0 Å². The van der Waals surface area contributed by atoms with E-state index in [0.29, 0.717) is 23.5 Å². The maximum absolute atomic E-state index is 12.4. The quantitative estimate of drug-likeness (QED) is 0.396. The fraction of sp³-hybridized carbons (Fsp3) is 0.280. The first-order valence-corrected chi connectivity index (χ1v) is 10.8. The lowest BCUT2D eigenvalue weighted by Crippen LogP contribution is -2.23. The number of hydrogen-bond donors (Lipinski definition) is 0. The van der Waals surface area contributed by atoms with Crippen molar-refractivity contribution in [2.45, 2.75) is 33.9 Å². The molecule has 2 heterocycles. The van der Waals surface area contributed by atoms with Crippen LogP contribution in [-0.2, 0) is 20.2 Å². The van der Waals surface area contributed by atoms with Crippen LogP contribution < -0.4 is 15.2 Å². The van der Waals surface area contributed by atoms with E-state index in [4.69, 9.17) is 9.47 Å². The standard InChI is InChI=1S/C25H26N6O3/c1-6-7-13-30-15-18(3)24(26-30)19-11-12-22(17(2)14-19)34-16-20-21(9-8-10-23(20)33-5)31-25(32)29(4)27-28-31/h8-12,14-15H,13,16H2,1-5H3. The third-order valence-electron chi connectivity index (χ3n) is 5.46. The van der Waals surface area contributed by atoms with E-state index in [-0.39, 0.29) is 12.3 Å². The highest BCUT2D eigenvalue weighted by Crippen LogP contribution is 2.30. The molecular formula is C25H26N6O3. The Balaban J connectivity index is 1.61. The summed E-state index contributed by atoms with van der Waals surface area (Å²) in [5.74, 6) is 7.24. The summed E-state index contributed by atoms with van der Waals surface area (Å²) in [5.41, 5.74) is 4.88. The molecule has 0 aliphatic rings. The van der Waals surface area contributed by atoms with Gasteiger partial charge in [0.15, 0.2) is 0 Å². The second-order valence-corrected chi connectivity index (χ2v) is 7.81. The number of methoxy groups -OCH3 is 1. The molecule has 0 saturated heterocycles. The predicted octanol–water partition coefficient (Wildman–Crippen LogP) is 3.06. The zero-order valence-corrected chi connectivity index (χ0v) is 19.9. The van der Waals surface area contributed by atoms with Crippen LogP contribution in [0.5, 0.6) is 11.5 Å². The van der Waals surface area contributed by atoms with E-state index >= 15 is 0 Å². The largest absolute Gasteiger partial charge is 0.496 e. The normalized spacial score (nSPS) is 10.6. The molecule has 0 radical (unpaired) electrons. The average molecular weight is 459 g/mol. The van der Waals surface area contributed by atoms with Crippen molar-refractivity contribution in [3.8, 4) is 40.3 Å². The summed E-state index contributed by atoms with van der Waals surface area (Å²) >= 11 is 0. The van der Waals surface area contributed by atoms with Crippen LogP contribution >= 0.6 is 0 Å². The van der Waals surface area contributed by atoms with E-state index in [1.54, 1.807) is 26.3 Å². The number of aromatic nitrogens is 6. The molecule has 0 aliphatic carbocycles. The first kappa shape index (κ1) is 22.9. The van der Waals surface area contributed by atoms with Gasteiger partial charge in [-0.1, -0.05) is 12.0 Å². The first-order valence-electron chi connectivity index (χ1n) is 10.8. The van der Waals surface area contributed by atoms with Crippen molar-refractivity contribution in [3.63, 3.8) is 0 Å². The summed E-state index contributed by atoms with van der Waals surface area (Å²) < 4.78 is 15.9. The molecule has 4 aromatic rings. The van der Waals surface area contributed by atoms with Gasteiger partial charge in [-0.15, -0.1) is 5.92 Å². The number of rotatable bonds is 7. The van der Waals surface area contributed by atoms with Crippen molar-refractivity contribution in [2.75, 3.05) is 7.11 Å². The predicted molar refractivity (Wildman–Crippen MR) is 128 cm³/mol. The Hall–Kier alpha value is -4.32. The molecule has 2 aromatic carbocycles. The Morgan fingerprint density at radius 2 is 1.88 bits per heavy atom. The van der Waals surface area contributed by atoms with Crippen molar-refractivity contribution < 1.29 is 9.47 Å². The van der Waals surface area contributed by atoms with Gasteiger partial charge in [-0.3, -0.25) is 4.68 Å². The summed E-state index contributed by atoms with van der Waals surface area (Å²) in [6.07, 6.45) is 2.00. The molecule has 34 heavy (non-hydrogen) atoms. The van der Waals surface area contributed by atoms with Crippen LogP contribution in [0.25, 0.3) is 16.9 Å². The van der Waals surface area contributed by atoms with Crippen LogP contribution in [0, 0.1) is 25.7 Å². The lowest BCUT2D eigenvalue weighted by molar-refractivity contribution is 0.294. The number of hydrogen-bond acceptors (Lipinski definition) is 6. The molecule has 0 fully saturated rings. The number of nitrogens with zero attached hydrogens (tertiary/aromatic N) is 6. The van der Waals surface area contributed by atoms with Gasteiger partial charge in [0, 0.05) is 18.8 Å². The van der Waals surface area contributed by atoms with E-state index in [0.717, 1.165) is 28.1 Å². The SMILES string of the molecule is CC#CCn1cc(C)c(-c2ccc(OCc3c(OC)cccc3-n3nnn(C)c3=O)c(C)c2)n1. The maximum atomic E-state index is 12.4. The Kier molecular flexibility index (Phi) is 6.50. The highest BCUT2D eigenvalue weighted by molar-refractivity contribution is 5.65. The maximum Gasteiger partial charge on any atom is 0.368 e. The summed E-state index contributed by atoms with van der Waals surface area (Å²) in [5, 5.41) is 12.4. The van der Waals surface area contributed by atoms with Crippen LogP contribution in [0.3, 0.4) is 0 Å². The molecule has 2 aromatic heterocycles. The van der Waals surface area contributed by atoms with Crippen molar-refractivity contribution in [2.24, 2.45) is 7.05 Å². The van der Waals surface area contributed by atoms with Gasteiger partial charge in [0.25, 0.3) is 0 Å². The Bertz CT molecular complexity index is 1450. The fourth-order valence-electron chi connectivity index (χ4n) is 3.71. The lowest BCUT2D eigenvalue weighted by atomic mass is 10.1. The third kappa shape index (κ3) is 4.43. The van der Waals surface area contributed by atoms with Gasteiger partial charge in [-0.25, -0.2) is 4.79 Å². The second kappa shape index (κ2) is 9.67. The minimum absolute atomic E-state index is 0.186. The minimum atomic E-state index is -0.352. The van der Waals surface area contributed by atoms with Gasteiger partial charge in [0.05, 0.1) is 24.1 Å². The zero-order valence-electron chi connectivity index (χ0n) is 19.9. The molecule has 0 amide bonds. The first-order chi connectivity index (χ1) is 16.4.